The second-order valence-corrected chi connectivity index (χ2v) is 11.3. The molecule has 0 bridgehead atoms. The van der Waals surface area contributed by atoms with E-state index in [1.807, 2.05) is 18.2 Å². The Kier molecular flexibility index (Phi) is 7.25. The Morgan fingerprint density at radius 2 is 1.38 bits per heavy atom. The Morgan fingerprint density at radius 3 is 2.00 bits per heavy atom. The molecule has 1 heterocycles. The molecule has 1 atom stereocenters. The molecule has 32 heavy (non-hydrogen) atoms. The van der Waals surface area contributed by atoms with Crippen LogP contribution in [0, 0.1) is 0 Å². The average molecular weight is 530 g/mol. The summed E-state index contributed by atoms with van der Waals surface area (Å²) >= 11 is 24.6. The van der Waals surface area contributed by atoms with Crippen LogP contribution in [0.1, 0.15) is 17.2 Å². The summed E-state index contributed by atoms with van der Waals surface area (Å²) in [4.78, 5) is 2.12. The van der Waals surface area contributed by atoms with Crippen LogP contribution in [0.25, 0.3) is 0 Å². The fraction of sp³-hybridized carbons (Fsp3) is 0.217. The zero-order valence-corrected chi connectivity index (χ0v) is 20.7. The first-order chi connectivity index (χ1) is 15.2. The molecule has 0 saturated carbocycles. The lowest BCUT2D eigenvalue weighted by Crippen LogP contribution is -2.50. The SMILES string of the molecule is O=S(=O)(Cc1ccc(Cl)cc1)N1CCN(c2ccc(Cl)cc2Cl)C(c2ccc(Cl)cc2)C1. The van der Waals surface area contributed by atoms with E-state index in [0.29, 0.717) is 38.7 Å². The molecule has 4 rings (SSSR count). The van der Waals surface area contributed by atoms with E-state index >= 15 is 0 Å². The summed E-state index contributed by atoms with van der Waals surface area (Å²) < 4.78 is 28.0. The Balaban J connectivity index is 1.65. The van der Waals surface area contributed by atoms with Gasteiger partial charge < -0.3 is 4.90 Å². The Labute approximate surface area is 208 Å². The molecule has 1 saturated heterocycles. The molecule has 1 aliphatic rings. The van der Waals surface area contributed by atoms with Crippen LogP contribution in [-0.4, -0.2) is 32.4 Å². The van der Waals surface area contributed by atoms with Gasteiger partial charge in [-0.15, -0.1) is 0 Å². The summed E-state index contributed by atoms with van der Waals surface area (Å²) in [5.74, 6) is -0.0841. The lowest BCUT2D eigenvalue weighted by atomic mass is 10.0. The van der Waals surface area contributed by atoms with Crippen molar-refractivity contribution in [1.82, 2.24) is 4.31 Å². The number of sulfonamides is 1. The van der Waals surface area contributed by atoms with Gasteiger partial charge in [0.05, 0.1) is 22.5 Å². The maximum Gasteiger partial charge on any atom is 0.218 e. The highest BCUT2D eigenvalue weighted by molar-refractivity contribution is 7.88. The number of hydrogen-bond acceptors (Lipinski definition) is 3. The molecule has 0 amide bonds. The van der Waals surface area contributed by atoms with Crippen LogP contribution in [0.5, 0.6) is 0 Å². The van der Waals surface area contributed by atoms with Gasteiger partial charge in [-0.3, -0.25) is 0 Å². The van der Waals surface area contributed by atoms with E-state index < -0.39 is 10.0 Å². The summed E-state index contributed by atoms with van der Waals surface area (Å²) in [5, 5.41) is 2.26. The van der Waals surface area contributed by atoms with Gasteiger partial charge in [0.2, 0.25) is 10.0 Å². The van der Waals surface area contributed by atoms with Gasteiger partial charge >= 0.3 is 0 Å². The van der Waals surface area contributed by atoms with Crippen molar-refractivity contribution in [2.45, 2.75) is 11.8 Å². The van der Waals surface area contributed by atoms with E-state index in [-0.39, 0.29) is 18.3 Å². The van der Waals surface area contributed by atoms with Crippen molar-refractivity contribution in [3.63, 3.8) is 0 Å². The Morgan fingerprint density at radius 1 is 0.781 bits per heavy atom. The number of benzene rings is 3. The summed E-state index contributed by atoms with van der Waals surface area (Å²) in [6.07, 6.45) is 0. The third kappa shape index (κ3) is 5.36. The first-order valence-corrected chi connectivity index (χ1v) is 13.0. The molecule has 0 radical (unpaired) electrons. The predicted molar refractivity (Wildman–Crippen MR) is 134 cm³/mol. The maximum absolute atomic E-state index is 13.2. The van der Waals surface area contributed by atoms with Gasteiger partial charge in [0.25, 0.3) is 0 Å². The van der Waals surface area contributed by atoms with E-state index in [4.69, 9.17) is 46.4 Å². The first-order valence-electron chi connectivity index (χ1n) is 9.92. The average Bonchev–Trinajstić information content (AvgIpc) is 2.76. The monoisotopic (exact) mass is 528 g/mol. The van der Waals surface area contributed by atoms with Gasteiger partial charge in [-0.05, 0) is 53.6 Å². The minimum Gasteiger partial charge on any atom is -0.361 e. The van der Waals surface area contributed by atoms with Crippen LogP contribution in [-0.2, 0) is 15.8 Å². The summed E-state index contributed by atoms with van der Waals surface area (Å²) in [7, 11) is -3.54. The van der Waals surface area contributed by atoms with Gasteiger partial charge in [-0.2, -0.15) is 4.31 Å². The molecule has 0 aromatic heterocycles. The van der Waals surface area contributed by atoms with Crippen LogP contribution < -0.4 is 4.90 Å². The smallest absolute Gasteiger partial charge is 0.218 e. The lowest BCUT2D eigenvalue weighted by molar-refractivity contribution is 0.335. The number of hydrogen-bond donors (Lipinski definition) is 0. The van der Waals surface area contributed by atoms with Gasteiger partial charge in [0, 0.05) is 34.7 Å². The molecule has 3 aromatic rings. The predicted octanol–water partition coefficient (Wildman–Crippen LogP) is 6.69. The normalized spacial score (nSPS) is 17.5. The van der Waals surface area contributed by atoms with Gasteiger partial charge in [-0.1, -0.05) is 70.7 Å². The largest absolute Gasteiger partial charge is 0.361 e. The van der Waals surface area contributed by atoms with Gasteiger partial charge in [0.1, 0.15) is 0 Å². The number of halogens is 4. The Hall–Kier alpha value is -1.47. The molecule has 0 N–H and O–H groups in total. The van der Waals surface area contributed by atoms with E-state index in [1.165, 1.54) is 0 Å². The highest BCUT2D eigenvalue weighted by Gasteiger charge is 2.35. The molecule has 3 aromatic carbocycles. The van der Waals surface area contributed by atoms with Crippen LogP contribution in [0.15, 0.2) is 66.7 Å². The molecular formula is C23H20Cl4N2O2S. The lowest BCUT2D eigenvalue weighted by Gasteiger charge is -2.42. The van der Waals surface area contributed by atoms with Crippen molar-refractivity contribution in [3.05, 3.63) is 97.9 Å². The number of anilines is 1. The maximum atomic E-state index is 13.2. The molecule has 168 valence electrons. The molecular weight excluding hydrogens is 510 g/mol. The number of rotatable bonds is 5. The van der Waals surface area contributed by atoms with Crippen LogP contribution in [0.4, 0.5) is 5.69 Å². The minimum atomic E-state index is -3.54. The van der Waals surface area contributed by atoms with Gasteiger partial charge in [-0.25, -0.2) is 8.42 Å². The van der Waals surface area contributed by atoms with Crippen LogP contribution in [0.3, 0.4) is 0 Å². The zero-order valence-electron chi connectivity index (χ0n) is 16.9. The van der Waals surface area contributed by atoms with Gasteiger partial charge in [0.15, 0.2) is 0 Å². The second-order valence-electron chi connectivity index (χ2n) is 7.60. The van der Waals surface area contributed by atoms with Crippen molar-refractivity contribution >= 4 is 62.1 Å². The quantitative estimate of drug-likeness (QED) is 0.369. The fourth-order valence-corrected chi connectivity index (χ4v) is 6.16. The molecule has 0 spiro atoms. The molecule has 4 nitrogen and oxygen atoms in total. The highest BCUT2D eigenvalue weighted by atomic mass is 35.5. The van der Waals surface area contributed by atoms with Crippen molar-refractivity contribution in [2.24, 2.45) is 0 Å². The number of nitrogens with zero attached hydrogens (tertiary/aromatic N) is 2. The van der Waals surface area contributed by atoms with E-state index in [2.05, 4.69) is 4.90 Å². The summed E-state index contributed by atoms with van der Waals surface area (Å²) in [5.41, 5.74) is 2.46. The molecule has 1 aliphatic heterocycles. The van der Waals surface area contributed by atoms with E-state index in [0.717, 1.165) is 11.3 Å². The molecule has 0 aliphatic carbocycles. The van der Waals surface area contributed by atoms with Crippen LogP contribution in [0.2, 0.25) is 20.1 Å². The van der Waals surface area contributed by atoms with Crippen molar-refractivity contribution < 1.29 is 8.42 Å². The molecule has 1 unspecified atom stereocenters. The minimum absolute atomic E-state index is 0.0841. The van der Waals surface area contributed by atoms with Crippen molar-refractivity contribution in [3.8, 4) is 0 Å². The van der Waals surface area contributed by atoms with Crippen molar-refractivity contribution in [2.75, 3.05) is 24.5 Å². The Bertz CT molecular complexity index is 1200. The highest BCUT2D eigenvalue weighted by Crippen LogP contribution is 2.37. The topological polar surface area (TPSA) is 40.6 Å². The standard InChI is InChI=1S/C23H20Cl4N2O2S/c24-18-5-1-16(2-6-18)15-32(30,31)28-11-12-29(22-10-9-20(26)13-21(22)27)23(14-28)17-3-7-19(25)8-4-17/h1-10,13,23H,11-12,14-15H2. The van der Waals surface area contributed by atoms with E-state index in [1.54, 1.807) is 52.8 Å². The molecule has 9 heteroatoms. The zero-order chi connectivity index (χ0) is 22.9. The van der Waals surface area contributed by atoms with Crippen molar-refractivity contribution in [1.29, 1.82) is 0 Å². The second kappa shape index (κ2) is 9.80. The summed E-state index contributed by atoms with van der Waals surface area (Å²) in [6.45, 7) is 1.12. The molecule has 1 fully saturated rings. The van der Waals surface area contributed by atoms with E-state index in [9.17, 15) is 8.42 Å². The fourth-order valence-electron chi connectivity index (χ4n) is 3.87. The first kappa shape index (κ1) is 23.7. The summed E-state index contributed by atoms with van der Waals surface area (Å²) in [6, 6.07) is 19.4. The third-order valence-electron chi connectivity index (χ3n) is 5.47. The third-order valence-corrected chi connectivity index (χ3v) is 8.33. The van der Waals surface area contributed by atoms with Crippen LogP contribution >= 0.6 is 46.4 Å². The number of piperazine rings is 1.